The van der Waals surface area contributed by atoms with Gasteiger partial charge < -0.3 is 20.4 Å². The van der Waals surface area contributed by atoms with E-state index in [4.69, 9.17) is 10.7 Å². The number of aromatic nitrogens is 2. The van der Waals surface area contributed by atoms with Crippen LogP contribution in [0.3, 0.4) is 0 Å². The SMILES string of the molecule is CCC(=Nc1ccccc1)N1CCc2ccc(-c3cc(N4CCN(C)CC4)nc(N)n3)cc2C1. The molecular formula is C27H33N7. The second-order valence-electron chi connectivity index (χ2n) is 9.13. The second kappa shape index (κ2) is 9.81. The van der Waals surface area contributed by atoms with Gasteiger partial charge in [-0.15, -0.1) is 0 Å². The predicted molar refractivity (Wildman–Crippen MR) is 140 cm³/mol. The van der Waals surface area contributed by atoms with E-state index in [0.29, 0.717) is 5.95 Å². The Labute approximate surface area is 202 Å². The monoisotopic (exact) mass is 455 g/mol. The standard InChI is InChI=1S/C27H33N7/c1-3-25(29-23-7-5-4-6-8-23)34-12-11-20-9-10-21(17-22(20)19-34)24-18-26(31-27(28)30-24)33-15-13-32(2)14-16-33/h4-10,17-18H,3,11-16,19H2,1-2H3,(H2,28,30,31). The molecule has 0 amide bonds. The number of hydrogen-bond acceptors (Lipinski definition) is 6. The number of amidine groups is 1. The zero-order valence-corrected chi connectivity index (χ0v) is 20.1. The molecule has 34 heavy (non-hydrogen) atoms. The molecule has 1 fully saturated rings. The van der Waals surface area contributed by atoms with Crippen molar-refractivity contribution >= 4 is 23.3 Å². The van der Waals surface area contributed by atoms with Crippen LogP contribution in [0, 0.1) is 0 Å². The summed E-state index contributed by atoms with van der Waals surface area (Å²) in [5.74, 6) is 2.37. The maximum Gasteiger partial charge on any atom is 0.222 e. The van der Waals surface area contributed by atoms with Crippen LogP contribution in [0.1, 0.15) is 24.5 Å². The lowest BCUT2D eigenvalue weighted by Crippen LogP contribution is -2.44. The van der Waals surface area contributed by atoms with Crippen LogP contribution in [0.2, 0.25) is 0 Å². The van der Waals surface area contributed by atoms with Crippen LogP contribution in [0.5, 0.6) is 0 Å². The van der Waals surface area contributed by atoms with Crippen molar-refractivity contribution in [3.63, 3.8) is 0 Å². The third-order valence-corrected chi connectivity index (χ3v) is 6.77. The minimum atomic E-state index is 0.328. The van der Waals surface area contributed by atoms with Gasteiger partial charge in [0, 0.05) is 57.3 Å². The molecule has 0 bridgehead atoms. The van der Waals surface area contributed by atoms with E-state index in [2.05, 4.69) is 75.0 Å². The number of piperazine rings is 1. The van der Waals surface area contributed by atoms with Gasteiger partial charge in [0.15, 0.2) is 0 Å². The number of aliphatic imine (C=N–C) groups is 1. The topological polar surface area (TPSA) is 73.9 Å². The zero-order valence-electron chi connectivity index (χ0n) is 20.1. The summed E-state index contributed by atoms with van der Waals surface area (Å²) >= 11 is 0. The molecule has 3 aromatic rings. The number of nitrogens with two attached hydrogens (primary N) is 1. The molecule has 0 radical (unpaired) electrons. The number of rotatable bonds is 4. The van der Waals surface area contributed by atoms with Crippen molar-refractivity contribution in [2.75, 3.05) is 50.4 Å². The first-order valence-electron chi connectivity index (χ1n) is 12.2. The van der Waals surface area contributed by atoms with Gasteiger partial charge in [0.05, 0.1) is 11.4 Å². The predicted octanol–water partition coefficient (Wildman–Crippen LogP) is 3.98. The maximum absolute atomic E-state index is 6.14. The number of para-hydroxylation sites is 1. The maximum atomic E-state index is 6.14. The van der Waals surface area contributed by atoms with Crippen LogP contribution >= 0.6 is 0 Å². The first-order chi connectivity index (χ1) is 16.6. The van der Waals surface area contributed by atoms with Gasteiger partial charge in [-0.1, -0.05) is 37.3 Å². The van der Waals surface area contributed by atoms with Crippen LogP contribution in [-0.2, 0) is 13.0 Å². The van der Waals surface area contributed by atoms with Crippen LogP contribution < -0.4 is 10.6 Å². The molecule has 7 heteroatoms. The van der Waals surface area contributed by atoms with Crippen molar-refractivity contribution in [1.29, 1.82) is 0 Å². The average Bonchev–Trinajstić information content (AvgIpc) is 2.87. The highest BCUT2D eigenvalue weighted by molar-refractivity contribution is 5.85. The lowest BCUT2D eigenvalue weighted by atomic mass is 9.96. The molecule has 2 aliphatic heterocycles. The number of likely N-dealkylation sites (N-methyl/N-ethyl adjacent to an activating group) is 1. The van der Waals surface area contributed by atoms with Crippen molar-refractivity contribution < 1.29 is 0 Å². The van der Waals surface area contributed by atoms with Gasteiger partial charge in [-0.05, 0) is 42.8 Å². The Balaban J connectivity index is 1.40. The molecule has 0 atom stereocenters. The van der Waals surface area contributed by atoms with Gasteiger partial charge >= 0.3 is 0 Å². The molecule has 2 N–H and O–H groups in total. The molecule has 3 heterocycles. The van der Waals surface area contributed by atoms with Crippen molar-refractivity contribution in [2.24, 2.45) is 4.99 Å². The Hall–Kier alpha value is -3.45. The van der Waals surface area contributed by atoms with E-state index >= 15 is 0 Å². The van der Waals surface area contributed by atoms with E-state index < -0.39 is 0 Å². The fraction of sp³-hybridized carbons (Fsp3) is 0.370. The number of anilines is 2. The van der Waals surface area contributed by atoms with Crippen molar-refractivity contribution in [3.8, 4) is 11.3 Å². The summed E-state index contributed by atoms with van der Waals surface area (Å²) in [6.07, 6.45) is 1.92. The third kappa shape index (κ3) is 4.89. The molecule has 7 nitrogen and oxygen atoms in total. The summed E-state index contributed by atoms with van der Waals surface area (Å²) in [7, 11) is 2.15. The summed E-state index contributed by atoms with van der Waals surface area (Å²) in [6.45, 7) is 7.97. The van der Waals surface area contributed by atoms with E-state index in [9.17, 15) is 0 Å². The Kier molecular flexibility index (Phi) is 6.45. The molecular weight excluding hydrogens is 422 g/mol. The fourth-order valence-electron chi connectivity index (χ4n) is 4.76. The molecule has 1 aromatic heterocycles. The van der Waals surface area contributed by atoms with Crippen LogP contribution in [0.25, 0.3) is 11.3 Å². The van der Waals surface area contributed by atoms with E-state index in [1.807, 2.05) is 18.2 Å². The number of fused-ring (bicyclic) bond motifs is 1. The quantitative estimate of drug-likeness (QED) is 0.474. The van der Waals surface area contributed by atoms with Crippen molar-refractivity contribution in [1.82, 2.24) is 19.8 Å². The summed E-state index contributed by atoms with van der Waals surface area (Å²) in [6, 6.07) is 19.0. The Morgan fingerprint density at radius 2 is 1.74 bits per heavy atom. The molecule has 2 aliphatic rings. The van der Waals surface area contributed by atoms with E-state index in [0.717, 1.165) is 80.7 Å². The molecule has 0 aliphatic carbocycles. The van der Waals surface area contributed by atoms with Gasteiger partial charge in [-0.2, -0.15) is 4.98 Å². The summed E-state index contributed by atoms with van der Waals surface area (Å²) in [4.78, 5) is 21.1. The molecule has 0 spiro atoms. The Morgan fingerprint density at radius 3 is 2.50 bits per heavy atom. The minimum Gasteiger partial charge on any atom is -0.368 e. The molecule has 0 saturated carbocycles. The second-order valence-corrected chi connectivity index (χ2v) is 9.13. The highest BCUT2D eigenvalue weighted by Crippen LogP contribution is 2.29. The van der Waals surface area contributed by atoms with Gasteiger partial charge in [0.25, 0.3) is 0 Å². The highest BCUT2D eigenvalue weighted by atomic mass is 15.3. The number of nitrogens with zero attached hydrogens (tertiary/aromatic N) is 6. The highest BCUT2D eigenvalue weighted by Gasteiger charge is 2.21. The summed E-state index contributed by atoms with van der Waals surface area (Å²) < 4.78 is 0. The van der Waals surface area contributed by atoms with Crippen molar-refractivity contribution in [3.05, 3.63) is 65.7 Å². The first-order valence-corrected chi connectivity index (χ1v) is 12.2. The first kappa shape index (κ1) is 22.3. The minimum absolute atomic E-state index is 0.328. The largest absolute Gasteiger partial charge is 0.368 e. The van der Waals surface area contributed by atoms with Crippen LogP contribution in [-0.4, -0.2) is 65.4 Å². The number of nitrogen functional groups attached to an aromatic ring is 1. The van der Waals surface area contributed by atoms with Crippen LogP contribution in [0.15, 0.2) is 59.6 Å². The Morgan fingerprint density at radius 1 is 0.941 bits per heavy atom. The van der Waals surface area contributed by atoms with Crippen molar-refractivity contribution in [2.45, 2.75) is 26.3 Å². The number of benzene rings is 2. The van der Waals surface area contributed by atoms with Gasteiger partial charge in [-0.25, -0.2) is 9.98 Å². The smallest absolute Gasteiger partial charge is 0.222 e. The Bertz CT molecular complexity index is 1170. The summed E-state index contributed by atoms with van der Waals surface area (Å²) in [5, 5.41) is 0. The lowest BCUT2D eigenvalue weighted by Gasteiger charge is -2.33. The van der Waals surface area contributed by atoms with Crippen LogP contribution in [0.4, 0.5) is 17.5 Å². The van der Waals surface area contributed by atoms with Gasteiger partial charge in [-0.3, -0.25) is 0 Å². The number of hydrogen-bond donors (Lipinski definition) is 1. The van der Waals surface area contributed by atoms with E-state index in [-0.39, 0.29) is 0 Å². The molecule has 176 valence electrons. The van der Waals surface area contributed by atoms with Gasteiger partial charge in [0.1, 0.15) is 11.7 Å². The molecule has 5 rings (SSSR count). The van der Waals surface area contributed by atoms with E-state index in [1.54, 1.807) is 0 Å². The third-order valence-electron chi connectivity index (χ3n) is 6.77. The average molecular weight is 456 g/mol. The summed E-state index contributed by atoms with van der Waals surface area (Å²) in [5.41, 5.74) is 11.8. The zero-order chi connectivity index (χ0) is 23.5. The van der Waals surface area contributed by atoms with Gasteiger partial charge in [0.2, 0.25) is 5.95 Å². The molecule has 2 aromatic carbocycles. The lowest BCUT2D eigenvalue weighted by molar-refractivity contribution is 0.312. The van der Waals surface area contributed by atoms with E-state index in [1.165, 1.54) is 11.1 Å². The fourth-order valence-corrected chi connectivity index (χ4v) is 4.76. The normalized spacial score (nSPS) is 17.1. The molecule has 1 saturated heterocycles. The molecule has 0 unspecified atom stereocenters.